The van der Waals surface area contributed by atoms with Gasteiger partial charge in [-0.1, -0.05) is 72.3 Å². The summed E-state index contributed by atoms with van der Waals surface area (Å²) < 4.78 is 5.38. The average molecular weight is 525 g/mol. The van der Waals surface area contributed by atoms with Crippen LogP contribution in [0.4, 0.5) is 0 Å². The van der Waals surface area contributed by atoms with Crippen molar-refractivity contribution in [2.75, 3.05) is 12.9 Å². The molecule has 3 aromatic rings. The van der Waals surface area contributed by atoms with Crippen molar-refractivity contribution in [1.82, 2.24) is 10.2 Å². The molecule has 0 saturated heterocycles. The largest absolute Gasteiger partial charge is 0.497 e. The molecule has 1 N–H and O–H groups in total. The summed E-state index contributed by atoms with van der Waals surface area (Å²) in [5, 5.41) is 3.70. The number of amides is 2. The molecule has 0 aliphatic rings. The molecule has 0 heterocycles. The van der Waals surface area contributed by atoms with Crippen LogP contribution in [0, 0.1) is 0 Å². The lowest BCUT2D eigenvalue weighted by atomic mass is 10.0. The molecular weight excluding hydrogens is 492 g/mol. The average Bonchev–Trinajstić information content (AvgIpc) is 2.87. The molecule has 5 nitrogen and oxygen atoms in total. The quantitative estimate of drug-likeness (QED) is 0.328. The summed E-state index contributed by atoms with van der Waals surface area (Å²) in [6, 6.07) is 24.3. The number of ether oxygens (including phenoxy) is 1. The summed E-state index contributed by atoms with van der Waals surface area (Å²) >= 11 is 7.79. The van der Waals surface area contributed by atoms with Gasteiger partial charge >= 0.3 is 0 Å². The lowest BCUT2D eigenvalue weighted by molar-refractivity contribution is -0.139. The number of carbonyl (C=O) groups is 2. The SMILES string of the molecule is COc1cccc(CN(C(=O)CSCc2ccccc2Cl)[C@H](Cc2ccccc2)C(=O)NC(C)C)c1. The summed E-state index contributed by atoms with van der Waals surface area (Å²) in [6.45, 7) is 4.14. The minimum atomic E-state index is -0.658. The number of halogens is 1. The monoisotopic (exact) mass is 524 g/mol. The molecule has 190 valence electrons. The zero-order valence-corrected chi connectivity index (χ0v) is 22.5. The van der Waals surface area contributed by atoms with Gasteiger partial charge in [-0.05, 0) is 48.7 Å². The van der Waals surface area contributed by atoms with Crippen LogP contribution in [0.3, 0.4) is 0 Å². The van der Waals surface area contributed by atoms with E-state index in [4.69, 9.17) is 16.3 Å². The molecule has 0 aromatic heterocycles. The Morgan fingerprint density at radius 1 is 0.972 bits per heavy atom. The molecule has 0 radical (unpaired) electrons. The first-order chi connectivity index (χ1) is 17.4. The lowest BCUT2D eigenvalue weighted by Gasteiger charge is -2.32. The lowest BCUT2D eigenvalue weighted by Crippen LogP contribution is -2.52. The van der Waals surface area contributed by atoms with Gasteiger partial charge in [0.2, 0.25) is 11.8 Å². The summed E-state index contributed by atoms with van der Waals surface area (Å²) in [4.78, 5) is 28.8. The molecule has 0 unspecified atom stereocenters. The zero-order chi connectivity index (χ0) is 25.9. The van der Waals surface area contributed by atoms with Crippen LogP contribution in [-0.2, 0) is 28.3 Å². The minimum absolute atomic E-state index is 0.0425. The summed E-state index contributed by atoms with van der Waals surface area (Å²) in [5.74, 6) is 1.28. The van der Waals surface area contributed by atoms with E-state index in [-0.39, 0.29) is 23.6 Å². The second kappa shape index (κ2) is 14.0. The molecule has 7 heteroatoms. The Labute approximate surface area is 223 Å². The second-order valence-electron chi connectivity index (χ2n) is 8.83. The van der Waals surface area contributed by atoms with Gasteiger partial charge in [0.15, 0.2) is 0 Å². The van der Waals surface area contributed by atoms with Crippen LogP contribution in [0.1, 0.15) is 30.5 Å². The van der Waals surface area contributed by atoms with Crippen LogP contribution < -0.4 is 10.1 Å². The van der Waals surface area contributed by atoms with Crippen LogP contribution >= 0.6 is 23.4 Å². The smallest absolute Gasteiger partial charge is 0.243 e. The first-order valence-electron chi connectivity index (χ1n) is 11.9. The summed E-state index contributed by atoms with van der Waals surface area (Å²) in [7, 11) is 1.61. The molecule has 0 fully saturated rings. The third kappa shape index (κ3) is 8.32. The third-order valence-corrected chi connectivity index (χ3v) is 6.96. The van der Waals surface area contributed by atoms with Crippen LogP contribution in [0.5, 0.6) is 5.75 Å². The topological polar surface area (TPSA) is 58.6 Å². The minimum Gasteiger partial charge on any atom is -0.497 e. The molecule has 0 saturated carbocycles. The van der Waals surface area contributed by atoms with Gasteiger partial charge in [0.05, 0.1) is 12.9 Å². The molecule has 36 heavy (non-hydrogen) atoms. The van der Waals surface area contributed by atoms with E-state index in [1.165, 1.54) is 11.8 Å². The maximum atomic E-state index is 13.7. The maximum absolute atomic E-state index is 13.7. The molecular formula is C29H33ClN2O3S. The van der Waals surface area contributed by atoms with E-state index in [0.717, 1.165) is 16.7 Å². The van der Waals surface area contributed by atoms with Gasteiger partial charge in [-0.15, -0.1) is 11.8 Å². The predicted octanol–water partition coefficient (Wildman–Crippen LogP) is 5.75. The van der Waals surface area contributed by atoms with E-state index in [1.54, 1.807) is 12.0 Å². The fourth-order valence-electron chi connectivity index (χ4n) is 3.85. The van der Waals surface area contributed by atoms with Crippen molar-refractivity contribution < 1.29 is 14.3 Å². The van der Waals surface area contributed by atoms with Gasteiger partial charge in [0, 0.05) is 29.8 Å². The van der Waals surface area contributed by atoms with Crippen molar-refractivity contribution in [2.24, 2.45) is 0 Å². The van der Waals surface area contributed by atoms with Gasteiger partial charge in [0.1, 0.15) is 11.8 Å². The van der Waals surface area contributed by atoms with Crippen molar-refractivity contribution in [3.63, 3.8) is 0 Å². The van der Waals surface area contributed by atoms with Gasteiger partial charge in [-0.25, -0.2) is 0 Å². The Bertz CT molecular complexity index is 1140. The van der Waals surface area contributed by atoms with Gasteiger partial charge in [-0.3, -0.25) is 9.59 Å². The molecule has 2 amide bonds. The van der Waals surface area contributed by atoms with E-state index in [0.29, 0.717) is 29.5 Å². The van der Waals surface area contributed by atoms with Crippen LogP contribution in [0.2, 0.25) is 5.02 Å². The molecule has 1 atom stereocenters. The first kappa shape index (κ1) is 27.6. The fourth-order valence-corrected chi connectivity index (χ4v) is 5.04. The number of benzene rings is 3. The summed E-state index contributed by atoms with van der Waals surface area (Å²) in [6.07, 6.45) is 0.421. The van der Waals surface area contributed by atoms with E-state index in [1.807, 2.05) is 92.7 Å². The molecule has 3 rings (SSSR count). The van der Waals surface area contributed by atoms with E-state index < -0.39 is 6.04 Å². The molecule has 0 bridgehead atoms. The van der Waals surface area contributed by atoms with E-state index >= 15 is 0 Å². The highest BCUT2D eigenvalue weighted by Crippen LogP contribution is 2.23. The van der Waals surface area contributed by atoms with Crippen LogP contribution in [-0.4, -0.2) is 41.7 Å². The Morgan fingerprint density at radius 3 is 2.36 bits per heavy atom. The van der Waals surface area contributed by atoms with Crippen molar-refractivity contribution >= 4 is 35.2 Å². The number of hydrogen-bond acceptors (Lipinski definition) is 4. The number of thioether (sulfide) groups is 1. The molecule has 3 aromatic carbocycles. The Morgan fingerprint density at radius 2 is 1.67 bits per heavy atom. The third-order valence-electron chi connectivity index (χ3n) is 5.63. The van der Waals surface area contributed by atoms with E-state index in [2.05, 4.69) is 5.32 Å². The number of nitrogens with zero attached hydrogens (tertiary/aromatic N) is 1. The van der Waals surface area contributed by atoms with Crippen molar-refractivity contribution in [3.8, 4) is 5.75 Å². The van der Waals surface area contributed by atoms with Crippen molar-refractivity contribution in [2.45, 2.75) is 44.6 Å². The molecule has 0 aliphatic heterocycles. The fraction of sp³-hybridized carbons (Fsp3) is 0.310. The van der Waals surface area contributed by atoms with Crippen molar-refractivity contribution in [1.29, 1.82) is 0 Å². The van der Waals surface area contributed by atoms with Crippen LogP contribution in [0.25, 0.3) is 0 Å². The Balaban J connectivity index is 1.87. The van der Waals surface area contributed by atoms with Crippen molar-refractivity contribution in [3.05, 3.63) is 101 Å². The van der Waals surface area contributed by atoms with E-state index in [9.17, 15) is 9.59 Å². The zero-order valence-electron chi connectivity index (χ0n) is 20.9. The van der Waals surface area contributed by atoms with Gasteiger partial charge < -0.3 is 15.0 Å². The maximum Gasteiger partial charge on any atom is 0.243 e. The summed E-state index contributed by atoms with van der Waals surface area (Å²) in [5.41, 5.74) is 2.87. The van der Waals surface area contributed by atoms with Gasteiger partial charge in [0.25, 0.3) is 0 Å². The molecule has 0 spiro atoms. The number of nitrogens with one attached hydrogen (secondary N) is 1. The van der Waals surface area contributed by atoms with Crippen LogP contribution in [0.15, 0.2) is 78.9 Å². The Kier molecular flexibility index (Phi) is 10.7. The number of methoxy groups -OCH3 is 1. The molecule has 0 aliphatic carbocycles. The number of hydrogen-bond donors (Lipinski definition) is 1. The Hall–Kier alpha value is -2.96. The van der Waals surface area contributed by atoms with Gasteiger partial charge in [-0.2, -0.15) is 0 Å². The number of carbonyl (C=O) groups excluding carboxylic acids is 2. The normalized spacial score (nSPS) is 11.7. The highest BCUT2D eigenvalue weighted by molar-refractivity contribution is 7.99. The first-order valence-corrected chi connectivity index (χ1v) is 13.5. The second-order valence-corrected chi connectivity index (χ2v) is 10.2. The highest BCUT2D eigenvalue weighted by atomic mass is 35.5. The standard InChI is InChI=1S/C29H33ClN2O3S/c1-21(2)31-29(34)27(17-22-10-5-4-6-11-22)32(18-23-12-9-14-25(16-23)35-3)28(33)20-36-19-24-13-7-8-15-26(24)30/h4-16,21,27H,17-20H2,1-3H3,(H,31,34)/t27-/m1/s1. The number of rotatable bonds is 12. The highest BCUT2D eigenvalue weighted by Gasteiger charge is 2.30. The predicted molar refractivity (Wildman–Crippen MR) is 148 cm³/mol.